The second kappa shape index (κ2) is 13.8. The second-order valence-corrected chi connectivity index (χ2v) is 11.1. The van der Waals surface area contributed by atoms with Crippen LogP contribution in [0.25, 0.3) is 0 Å². The molecule has 0 aliphatic heterocycles. The van der Waals surface area contributed by atoms with Crippen LogP contribution in [0, 0.1) is 6.92 Å². The van der Waals surface area contributed by atoms with Crippen LogP contribution in [-0.4, -0.2) is 28.8 Å². The molecule has 1 fully saturated rings. The van der Waals surface area contributed by atoms with E-state index in [9.17, 15) is 9.59 Å². The van der Waals surface area contributed by atoms with Crippen molar-refractivity contribution in [3.05, 3.63) is 105 Å². The molecule has 4 nitrogen and oxygen atoms in total. The van der Waals surface area contributed by atoms with Crippen molar-refractivity contribution in [1.82, 2.24) is 10.2 Å². The quantitative estimate of drug-likeness (QED) is 0.287. The highest BCUT2D eigenvalue weighted by atomic mass is 35.5. The van der Waals surface area contributed by atoms with Crippen LogP contribution in [0.2, 0.25) is 10.0 Å². The van der Waals surface area contributed by atoms with Gasteiger partial charge >= 0.3 is 0 Å². The van der Waals surface area contributed by atoms with Gasteiger partial charge in [-0.15, -0.1) is 0 Å². The molecule has 6 heteroatoms. The molecule has 3 aromatic rings. The van der Waals surface area contributed by atoms with E-state index < -0.39 is 6.04 Å². The second-order valence-electron chi connectivity index (χ2n) is 10.3. The van der Waals surface area contributed by atoms with Crippen molar-refractivity contribution in [2.24, 2.45) is 0 Å². The lowest BCUT2D eigenvalue weighted by atomic mass is 9.94. The summed E-state index contributed by atoms with van der Waals surface area (Å²) < 4.78 is 0. The SMILES string of the molecule is Cc1ccc(CCC(=O)N(Cc2ccc(Cl)cc2Cl)[C@H](Cc2ccccc2)C(=O)NC2CCCCC2)cc1. The van der Waals surface area contributed by atoms with Crippen LogP contribution in [0.15, 0.2) is 72.8 Å². The number of nitrogens with one attached hydrogen (secondary N) is 1. The average Bonchev–Trinajstić information content (AvgIpc) is 2.92. The summed E-state index contributed by atoms with van der Waals surface area (Å²) >= 11 is 12.7. The molecule has 200 valence electrons. The van der Waals surface area contributed by atoms with Crippen LogP contribution in [0.1, 0.15) is 60.8 Å². The fourth-order valence-electron chi connectivity index (χ4n) is 5.08. The number of hydrogen-bond donors (Lipinski definition) is 1. The fourth-order valence-corrected chi connectivity index (χ4v) is 5.55. The van der Waals surface area contributed by atoms with E-state index in [2.05, 4.69) is 29.6 Å². The molecule has 1 saturated carbocycles. The van der Waals surface area contributed by atoms with Crippen molar-refractivity contribution in [3.63, 3.8) is 0 Å². The van der Waals surface area contributed by atoms with Gasteiger partial charge in [0.1, 0.15) is 6.04 Å². The lowest BCUT2D eigenvalue weighted by Crippen LogP contribution is -2.53. The predicted octanol–water partition coefficient (Wildman–Crippen LogP) is 7.32. The predicted molar refractivity (Wildman–Crippen MR) is 155 cm³/mol. The monoisotopic (exact) mass is 550 g/mol. The summed E-state index contributed by atoms with van der Waals surface area (Å²) in [6.07, 6.45) is 6.74. The summed E-state index contributed by atoms with van der Waals surface area (Å²) in [7, 11) is 0. The van der Waals surface area contributed by atoms with E-state index in [1.807, 2.05) is 43.3 Å². The van der Waals surface area contributed by atoms with Gasteiger partial charge in [0.15, 0.2) is 0 Å². The van der Waals surface area contributed by atoms with Crippen molar-refractivity contribution in [2.45, 2.75) is 76.9 Å². The highest BCUT2D eigenvalue weighted by Crippen LogP contribution is 2.25. The average molecular weight is 552 g/mol. The summed E-state index contributed by atoms with van der Waals surface area (Å²) in [5, 5.41) is 4.30. The molecule has 1 aliphatic rings. The number of carbonyl (C=O) groups excluding carboxylic acids is 2. The van der Waals surface area contributed by atoms with Crippen LogP contribution in [0.5, 0.6) is 0 Å². The zero-order chi connectivity index (χ0) is 26.9. The highest BCUT2D eigenvalue weighted by molar-refractivity contribution is 6.35. The van der Waals surface area contributed by atoms with Crippen molar-refractivity contribution in [2.75, 3.05) is 0 Å². The van der Waals surface area contributed by atoms with Gasteiger partial charge in [-0.2, -0.15) is 0 Å². The summed E-state index contributed by atoms with van der Waals surface area (Å²) in [6, 6.07) is 22.9. The first-order chi connectivity index (χ1) is 18.4. The number of carbonyl (C=O) groups is 2. The Morgan fingerprint density at radius 1 is 0.921 bits per heavy atom. The lowest BCUT2D eigenvalue weighted by Gasteiger charge is -2.34. The molecule has 0 saturated heterocycles. The van der Waals surface area contributed by atoms with E-state index in [0.717, 1.165) is 42.4 Å². The fraction of sp³-hybridized carbons (Fsp3) is 0.375. The Bertz CT molecular complexity index is 1210. The van der Waals surface area contributed by atoms with Gasteiger partial charge < -0.3 is 10.2 Å². The topological polar surface area (TPSA) is 49.4 Å². The van der Waals surface area contributed by atoms with E-state index in [1.54, 1.807) is 17.0 Å². The molecular weight excluding hydrogens is 515 g/mol. The largest absolute Gasteiger partial charge is 0.352 e. The zero-order valence-electron chi connectivity index (χ0n) is 22.0. The first-order valence-electron chi connectivity index (χ1n) is 13.5. The van der Waals surface area contributed by atoms with Gasteiger partial charge in [-0.1, -0.05) is 109 Å². The first-order valence-corrected chi connectivity index (χ1v) is 14.3. The third-order valence-electron chi connectivity index (χ3n) is 7.33. The molecule has 0 aromatic heterocycles. The molecule has 0 bridgehead atoms. The Labute approximate surface area is 236 Å². The van der Waals surface area contributed by atoms with Crippen LogP contribution < -0.4 is 5.32 Å². The molecule has 0 spiro atoms. The number of rotatable bonds is 10. The first kappa shape index (κ1) is 28.2. The molecule has 3 aromatic carbocycles. The minimum Gasteiger partial charge on any atom is -0.352 e. The van der Waals surface area contributed by atoms with E-state index >= 15 is 0 Å². The lowest BCUT2D eigenvalue weighted by molar-refractivity contribution is -0.141. The molecule has 0 heterocycles. The Morgan fingerprint density at radius 2 is 1.63 bits per heavy atom. The Balaban J connectivity index is 1.62. The van der Waals surface area contributed by atoms with Gasteiger partial charge in [0.05, 0.1) is 0 Å². The molecule has 38 heavy (non-hydrogen) atoms. The number of amides is 2. The smallest absolute Gasteiger partial charge is 0.243 e. The maximum Gasteiger partial charge on any atom is 0.243 e. The van der Waals surface area contributed by atoms with Gasteiger partial charge in [-0.3, -0.25) is 9.59 Å². The van der Waals surface area contributed by atoms with Crippen molar-refractivity contribution < 1.29 is 9.59 Å². The standard InChI is InChI=1S/C32H36Cl2N2O2/c1-23-12-14-24(15-13-23)16-19-31(37)36(22-26-17-18-27(33)21-29(26)34)30(20-25-8-4-2-5-9-25)32(38)35-28-10-6-3-7-11-28/h2,4-5,8-9,12-15,17-18,21,28,30H,3,6-7,10-11,16,19-20,22H2,1H3,(H,35,38)/t30-/m1/s1. The normalized spacial score (nSPS) is 14.6. The highest BCUT2D eigenvalue weighted by Gasteiger charge is 2.32. The third kappa shape index (κ3) is 8.09. The zero-order valence-corrected chi connectivity index (χ0v) is 23.5. The van der Waals surface area contributed by atoms with Crippen LogP contribution in [0.3, 0.4) is 0 Å². The van der Waals surface area contributed by atoms with Crippen LogP contribution >= 0.6 is 23.2 Å². The summed E-state index contributed by atoms with van der Waals surface area (Å²) in [6.45, 7) is 2.28. The van der Waals surface area contributed by atoms with Gasteiger partial charge in [-0.05, 0) is 55.0 Å². The number of nitrogens with zero attached hydrogens (tertiary/aromatic N) is 1. The number of hydrogen-bond acceptors (Lipinski definition) is 2. The molecule has 1 N–H and O–H groups in total. The van der Waals surface area contributed by atoms with Gasteiger partial charge in [0.25, 0.3) is 0 Å². The van der Waals surface area contributed by atoms with Crippen molar-refractivity contribution in [1.29, 1.82) is 0 Å². The van der Waals surface area contributed by atoms with Crippen LogP contribution in [0.4, 0.5) is 0 Å². The third-order valence-corrected chi connectivity index (χ3v) is 7.91. The minimum atomic E-state index is -0.656. The van der Waals surface area contributed by atoms with Gasteiger partial charge in [0, 0.05) is 35.5 Å². The van der Waals surface area contributed by atoms with Gasteiger partial charge in [0.2, 0.25) is 11.8 Å². The number of aryl methyl sites for hydroxylation is 2. The summed E-state index contributed by atoms with van der Waals surface area (Å²) in [5.74, 6) is -0.175. The van der Waals surface area contributed by atoms with Crippen molar-refractivity contribution in [3.8, 4) is 0 Å². The molecule has 4 rings (SSSR count). The molecular formula is C32H36Cl2N2O2. The Morgan fingerprint density at radius 3 is 2.32 bits per heavy atom. The maximum atomic E-state index is 13.9. The Hall–Kier alpha value is -2.82. The molecule has 2 amide bonds. The van der Waals surface area contributed by atoms with E-state index in [4.69, 9.17) is 23.2 Å². The van der Waals surface area contributed by atoms with E-state index in [-0.39, 0.29) is 24.4 Å². The molecule has 0 unspecified atom stereocenters. The number of benzene rings is 3. The Kier molecular flexibility index (Phi) is 10.3. The van der Waals surface area contributed by atoms with Crippen LogP contribution in [-0.2, 0) is 29.0 Å². The molecule has 1 aliphatic carbocycles. The molecule has 1 atom stereocenters. The minimum absolute atomic E-state index is 0.0729. The molecule has 0 radical (unpaired) electrons. The van der Waals surface area contributed by atoms with E-state index in [0.29, 0.717) is 29.3 Å². The van der Waals surface area contributed by atoms with E-state index in [1.165, 1.54) is 12.0 Å². The van der Waals surface area contributed by atoms with Gasteiger partial charge in [-0.25, -0.2) is 0 Å². The summed E-state index contributed by atoms with van der Waals surface area (Å²) in [4.78, 5) is 29.4. The maximum absolute atomic E-state index is 13.9. The van der Waals surface area contributed by atoms with Crippen molar-refractivity contribution >= 4 is 35.0 Å². The summed E-state index contributed by atoms with van der Waals surface area (Å²) in [5.41, 5.74) is 4.05. The number of halogens is 2.